The number of hydrogen-bond donors (Lipinski definition) is 2. The molecule has 2 amide bonds. The molecule has 0 saturated heterocycles. The second-order valence-electron chi connectivity index (χ2n) is 5.84. The van der Waals surface area contributed by atoms with Gasteiger partial charge in [0.1, 0.15) is 5.75 Å². The van der Waals surface area contributed by atoms with Crippen molar-refractivity contribution in [2.24, 2.45) is 0 Å². The Morgan fingerprint density at radius 3 is 2.48 bits per heavy atom. The zero-order valence-electron chi connectivity index (χ0n) is 15.3. The summed E-state index contributed by atoms with van der Waals surface area (Å²) >= 11 is 4.47. The Bertz CT molecular complexity index is 978. The van der Waals surface area contributed by atoms with Crippen molar-refractivity contribution in [1.82, 2.24) is 31.1 Å². The molecule has 3 rings (SSSR count). The van der Waals surface area contributed by atoms with Crippen molar-refractivity contribution in [1.29, 1.82) is 0 Å². The van der Waals surface area contributed by atoms with Crippen LogP contribution in [0.5, 0.6) is 5.75 Å². The normalized spacial score (nSPS) is 10.4. The van der Waals surface area contributed by atoms with Crippen LogP contribution in [0.4, 0.5) is 0 Å². The lowest BCUT2D eigenvalue weighted by atomic mass is 10.2. The number of halogens is 1. The molecule has 11 heteroatoms. The van der Waals surface area contributed by atoms with Gasteiger partial charge in [-0.25, -0.2) is 0 Å². The summed E-state index contributed by atoms with van der Waals surface area (Å²) in [6.07, 6.45) is 0. The number of thioether (sulfide) groups is 1. The molecule has 150 valence electrons. The SMILES string of the molecule is Cc1ccc(-n2nnnc2SCC(=O)NNC(=O)COc2ccc(Br)cc2)cc1. The summed E-state index contributed by atoms with van der Waals surface area (Å²) in [6, 6.07) is 14.7. The number of carbonyl (C=O) groups is 2. The fourth-order valence-corrected chi connectivity index (χ4v) is 3.09. The molecule has 0 aliphatic rings. The first kappa shape index (κ1) is 20.8. The van der Waals surface area contributed by atoms with Gasteiger partial charge in [-0.2, -0.15) is 4.68 Å². The van der Waals surface area contributed by atoms with E-state index >= 15 is 0 Å². The van der Waals surface area contributed by atoms with Gasteiger partial charge in [0, 0.05) is 4.47 Å². The quantitative estimate of drug-likeness (QED) is 0.396. The van der Waals surface area contributed by atoms with Crippen LogP contribution in [-0.2, 0) is 9.59 Å². The van der Waals surface area contributed by atoms with Crippen molar-refractivity contribution in [3.63, 3.8) is 0 Å². The average Bonchev–Trinajstić information content (AvgIpc) is 3.19. The van der Waals surface area contributed by atoms with E-state index < -0.39 is 11.8 Å². The van der Waals surface area contributed by atoms with Gasteiger partial charge in [-0.05, 0) is 53.7 Å². The molecule has 0 saturated carbocycles. The minimum Gasteiger partial charge on any atom is -0.484 e. The first-order chi connectivity index (χ1) is 14.0. The largest absolute Gasteiger partial charge is 0.484 e. The average molecular weight is 477 g/mol. The van der Waals surface area contributed by atoms with E-state index in [-0.39, 0.29) is 12.4 Å². The first-order valence-electron chi connectivity index (χ1n) is 8.45. The van der Waals surface area contributed by atoms with Gasteiger partial charge in [-0.3, -0.25) is 20.4 Å². The number of aryl methyl sites for hydroxylation is 1. The van der Waals surface area contributed by atoms with Crippen molar-refractivity contribution >= 4 is 39.5 Å². The summed E-state index contributed by atoms with van der Waals surface area (Å²) in [4.78, 5) is 23.8. The van der Waals surface area contributed by atoms with Gasteiger partial charge in [-0.15, -0.1) is 5.10 Å². The Balaban J connectivity index is 1.42. The minimum absolute atomic E-state index is 0.0279. The number of hydrogen-bond acceptors (Lipinski definition) is 7. The number of nitrogens with zero attached hydrogens (tertiary/aromatic N) is 4. The summed E-state index contributed by atoms with van der Waals surface area (Å²) < 4.78 is 7.78. The maximum atomic E-state index is 12.0. The van der Waals surface area contributed by atoms with Crippen molar-refractivity contribution < 1.29 is 14.3 Å². The van der Waals surface area contributed by atoms with Crippen LogP contribution < -0.4 is 15.6 Å². The third-order valence-corrected chi connectivity index (χ3v) is 5.02. The second kappa shape index (κ2) is 10.0. The number of tetrazole rings is 1. The molecule has 0 aliphatic carbocycles. The van der Waals surface area contributed by atoms with E-state index in [1.54, 1.807) is 28.9 Å². The van der Waals surface area contributed by atoms with Crippen molar-refractivity contribution in [3.8, 4) is 11.4 Å². The van der Waals surface area contributed by atoms with Crippen molar-refractivity contribution in [3.05, 3.63) is 58.6 Å². The van der Waals surface area contributed by atoms with E-state index in [0.29, 0.717) is 10.9 Å². The molecule has 0 unspecified atom stereocenters. The molecule has 9 nitrogen and oxygen atoms in total. The fourth-order valence-electron chi connectivity index (χ4n) is 2.14. The molecule has 0 spiro atoms. The van der Waals surface area contributed by atoms with Gasteiger partial charge in [0.2, 0.25) is 11.1 Å². The summed E-state index contributed by atoms with van der Waals surface area (Å²) in [5.74, 6) is -0.297. The zero-order chi connectivity index (χ0) is 20.6. The van der Waals surface area contributed by atoms with Gasteiger partial charge in [-0.1, -0.05) is 45.4 Å². The predicted molar refractivity (Wildman–Crippen MR) is 111 cm³/mol. The van der Waals surface area contributed by atoms with Crippen LogP contribution in [0.1, 0.15) is 5.56 Å². The number of nitrogens with one attached hydrogen (secondary N) is 2. The molecular formula is C18H17BrN6O3S. The van der Waals surface area contributed by atoms with Gasteiger partial charge in [0.15, 0.2) is 6.61 Å². The maximum absolute atomic E-state index is 12.0. The summed E-state index contributed by atoms with van der Waals surface area (Å²) in [7, 11) is 0. The Morgan fingerprint density at radius 2 is 1.76 bits per heavy atom. The highest BCUT2D eigenvalue weighted by molar-refractivity contribution is 9.10. The molecule has 3 aromatic rings. The van der Waals surface area contributed by atoms with Crippen molar-refractivity contribution in [2.45, 2.75) is 12.1 Å². The highest BCUT2D eigenvalue weighted by Crippen LogP contribution is 2.18. The Kier molecular flexibility index (Phi) is 7.19. The second-order valence-corrected chi connectivity index (χ2v) is 7.69. The molecule has 2 N–H and O–H groups in total. The van der Waals surface area contributed by atoms with E-state index in [1.165, 1.54) is 0 Å². The standard InChI is InChI=1S/C18H17BrN6O3S/c1-12-2-6-14(7-3-12)25-18(22-23-24-25)29-11-17(27)21-20-16(26)10-28-15-8-4-13(19)5-9-15/h2-9H,10-11H2,1H3,(H,20,26)(H,21,27). The number of ether oxygens (including phenoxy) is 1. The van der Waals surface area contributed by atoms with Crippen LogP contribution in [-0.4, -0.2) is 44.4 Å². The summed E-state index contributed by atoms with van der Waals surface area (Å²) in [5.41, 5.74) is 6.55. The molecule has 1 aromatic heterocycles. The van der Waals surface area contributed by atoms with Gasteiger partial charge < -0.3 is 4.74 Å². The van der Waals surface area contributed by atoms with Crippen LogP contribution in [0, 0.1) is 6.92 Å². The molecule has 0 aliphatic heterocycles. The smallest absolute Gasteiger partial charge is 0.276 e. The van der Waals surface area contributed by atoms with Gasteiger partial charge in [0.05, 0.1) is 11.4 Å². The number of aromatic nitrogens is 4. The van der Waals surface area contributed by atoms with Crippen LogP contribution in [0.3, 0.4) is 0 Å². The van der Waals surface area contributed by atoms with E-state index in [2.05, 4.69) is 42.3 Å². The maximum Gasteiger partial charge on any atom is 0.276 e. The summed E-state index contributed by atoms with van der Waals surface area (Å²) in [6.45, 7) is 1.77. The lowest BCUT2D eigenvalue weighted by Gasteiger charge is -2.09. The zero-order valence-corrected chi connectivity index (χ0v) is 17.7. The molecule has 1 heterocycles. The molecular weight excluding hydrogens is 460 g/mol. The molecule has 0 atom stereocenters. The molecule has 0 radical (unpaired) electrons. The van der Waals surface area contributed by atoms with Crippen LogP contribution >= 0.6 is 27.7 Å². The lowest BCUT2D eigenvalue weighted by molar-refractivity contribution is -0.128. The molecule has 2 aromatic carbocycles. The van der Waals surface area contributed by atoms with Gasteiger partial charge >= 0.3 is 0 Å². The van der Waals surface area contributed by atoms with Crippen molar-refractivity contribution in [2.75, 3.05) is 12.4 Å². The Morgan fingerprint density at radius 1 is 1.07 bits per heavy atom. The topological polar surface area (TPSA) is 111 Å². The van der Waals surface area contributed by atoms with Gasteiger partial charge in [0.25, 0.3) is 5.91 Å². The van der Waals surface area contributed by atoms with Crippen LogP contribution in [0.25, 0.3) is 5.69 Å². The molecule has 29 heavy (non-hydrogen) atoms. The van der Waals surface area contributed by atoms with Crippen LogP contribution in [0.2, 0.25) is 0 Å². The first-order valence-corrected chi connectivity index (χ1v) is 10.2. The number of rotatable bonds is 7. The molecule has 0 fully saturated rings. The number of amides is 2. The monoisotopic (exact) mass is 476 g/mol. The number of carbonyl (C=O) groups excluding carboxylic acids is 2. The van der Waals surface area contributed by atoms with E-state index in [0.717, 1.165) is 27.5 Å². The number of hydrazine groups is 1. The predicted octanol–water partition coefficient (Wildman–Crippen LogP) is 2.05. The third kappa shape index (κ3) is 6.29. The highest BCUT2D eigenvalue weighted by atomic mass is 79.9. The van der Waals surface area contributed by atoms with E-state index in [9.17, 15) is 9.59 Å². The highest BCUT2D eigenvalue weighted by Gasteiger charge is 2.12. The van der Waals surface area contributed by atoms with E-state index in [4.69, 9.17) is 4.74 Å². The lowest BCUT2D eigenvalue weighted by Crippen LogP contribution is -2.44. The van der Waals surface area contributed by atoms with E-state index in [1.807, 2.05) is 31.2 Å². The minimum atomic E-state index is -0.476. The molecule has 0 bridgehead atoms. The number of benzene rings is 2. The Hall–Kier alpha value is -2.92. The fraction of sp³-hybridized carbons (Fsp3) is 0.167. The third-order valence-electron chi connectivity index (χ3n) is 3.58. The van der Waals surface area contributed by atoms with Crippen LogP contribution in [0.15, 0.2) is 58.2 Å². The summed E-state index contributed by atoms with van der Waals surface area (Å²) in [5, 5.41) is 12.0. The Labute approximate surface area is 179 Å².